The number of aromatic nitrogens is 1. The largest absolute Gasteiger partial charge is 0.368 e. The Kier molecular flexibility index (Phi) is 7.67. The van der Waals surface area contributed by atoms with Gasteiger partial charge in [0.25, 0.3) is 0 Å². The summed E-state index contributed by atoms with van der Waals surface area (Å²) in [6.45, 7) is 6.07. The first-order valence-electron chi connectivity index (χ1n) is 8.60. The molecule has 1 saturated heterocycles. The van der Waals surface area contributed by atoms with Crippen molar-refractivity contribution in [1.29, 1.82) is 0 Å². The van der Waals surface area contributed by atoms with Crippen LogP contribution in [0.15, 0.2) is 39.8 Å². The highest BCUT2D eigenvalue weighted by Crippen LogP contribution is 2.17. The number of hydrogen-bond acceptors (Lipinski definition) is 4. The lowest BCUT2D eigenvalue weighted by Gasteiger charge is -2.37. The van der Waals surface area contributed by atoms with Gasteiger partial charge < -0.3 is 19.6 Å². The third-order valence-electron chi connectivity index (χ3n) is 4.37. The van der Waals surface area contributed by atoms with E-state index in [0.717, 1.165) is 55.7 Å². The minimum absolute atomic E-state index is 0. The Morgan fingerprint density at radius 2 is 1.92 bits per heavy atom. The molecule has 0 bridgehead atoms. The third kappa shape index (κ3) is 5.09. The number of nitrogens with one attached hydrogen (secondary N) is 1. The van der Waals surface area contributed by atoms with Crippen molar-refractivity contribution < 1.29 is 8.91 Å². The van der Waals surface area contributed by atoms with Crippen molar-refractivity contribution in [1.82, 2.24) is 15.4 Å². The molecule has 8 heteroatoms. The minimum Gasteiger partial charge on any atom is -0.368 e. The molecule has 142 valence electrons. The van der Waals surface area contributed by atoms with Crippen molar-refractivity contribution in [3.63, 3.8) is 0 Å². The van der Waals surface area contributed by atoms with Gasteiger partial charge in [0, 0.05) is 45.0 Å². The summed E-state index contributed by atoms with van der Waals surface area (Å²) in [5, 5.41) is 7.33. The fraction of sp³-hybridized carbons (Fsp3) is 0.444. The number of hydrogen-bond donors (Lipinski definition) is 1. The summed E-state index contributed by atoms with van der Waals surface area (Å²) in [4.78, 5) is 8.84. The van der Waals surface area contributed by atoms with Gasteiger partial charge in [0.15, 0.2) is 11.7 Å². The lowest BCUT2D eigenvalue weighted by molar-refractivity contribution is 0.356. The molecule has 1 N–H and O–H groups in total. The van der Waals surface area contributed by atoms with E-state index in [4.69, 9.17) is 4.52 Å². The van der Waals surface area contributed by atoms with E-state index in [9.17, 15) is 4.39 Å². The van der Waals surface area contributed by atoms with Crippen LogP contribution < -0.4 is 10.2 Å². The molecular weight excluding hydrogens is 448 g/mol. The van der Waals surface area contributed by atoms with Crippen molar-refractivity contribution in [2.75, 3.05) is 38.1 Å². The topological polar surface area (TPSA) is 56.9 Å². The molecule has 1 fully saturated rings. The quantitative estimate of drug-likeness (QED) is 0.421. The standard InChI is InChI=1S/C18H24FN5O.HI/c1-3-15-12-17(25-22-15)13-21-18(20-2)24-10-8-23(9-11-24)16-6-4-14(19)5-7-16;/h4-7,12H,3,8-11,13H2,1-2H3,(H,20,21);1H. The van der Waals surface area contributed by atoms with Crippen LogP contribution in [0.1, 0.15) is 18.4 Å². The summed E-state index contributed by atoms with van der Waals surface area (Å²) >= 11 is 0. The first-order valence-corrected chi connectivity index (χ1v) is 8.60. The number of anilines is 1. The Morgan fingerprint density at radius 1 is 1.23 bits per heavy atom. The first kappa shape index (κ1) is 20.5. The van der Waals surface area contributed by atoms with Crippen molar-refractivity contribution >= 4 is 35.6 Å². The number of rotatable bonds is 4. The number of aliphatic imine (C=N–C) groups is 1. The molecule has 1 aromatic heterocycles. The van der Waals surface area contributed by atoms with Crippen LogP contribution in [0.3, 0.4) is 0 Å². The highest BCUT2D eigenvalue weighted by Gasteiger charge is 2.20. The molecule has 2 heterocycles. The maximum atomic E-state index is 13.1. The maximum Gasteiger partial charge on any atom is 0.194 e. The van der Waals surface area contributed by atoms with E-state index in [1.54, 1.807) is 7.05 Å². The second kappa shape index (κ2) is 9.75. The second-order valence-electron chi connectivity index (χ2n) is 5.99. The smallest absolute Gasteiger partial charge is 0.194 e. The van der Waals surface area contributed by atoms with Gasteiger partial charge in [-0.15, -0.1) is 24.0 Å². The van der Waals surface area contributed by atoms with E-state index >= 15 is 0 Å². The molecule has 0 saturated carbocycles. The number of nitrogens with zero attached hydrogens (tertiary/aromatic N) is 4. The zero-order valence-corrected chi connectivity index (χ0v) is 17.4. The number of halogens is 2. The van der Waals surface area contributed by atoms with Gasteiger partial charge in [0.05, 0.1) is 12.2 Å². The molecule has 1 aromatic carbocycles. The van der Waals surface area contributed by atoms with Crippen LogP contribution in [-0.2, 0) is 13.0 Å². The van der Waals surface area contributed by atoms with Gasteiger partial charge in [0.1, 0.15) is 5.82 Å². The molecule has 26 heavy (non-hydrogen) atoms. The summed E-state index contributed by atoms with van der Waals surface area (Å²) in [6, 6.07) is 8.63. The zero-order valence-electron chi connectivity index (χ0n) is 15.1. The second-order valence-corrected chi connectivity index (χ2v) is 5.99. The van der Waals surface area contributed by atoms with Gasteiger partial charge in [0.2, 0.25) is 0 Å². The van der Waals surface area contributed by atoms with Crippen LogP contribution in [0.2, 0.25) is 0 Å². The van der Waals surface area contributed by atoms with Crippen LogP contribution in [0, 0.1) is 5.82 Å². The summed E-state index contributed by atoms with van der Waals surface area (Å²) in [6.07, 6.45) is 0.865. The fourth-order valence-corrected chi connectivity index (χ4v) is 2.93. The minimum atomic E-state index is -0.203. The molecule has 6 nitrogen and oxygen atoms in total. The van der Waals surface area contributed by atoms with Gasteiger partial charge in [-0.25, -0.2) is 4.39 Å². The van der Waals surface area contributed by atoms with E-state index in [0.29, 0.717) is 6.54 Å². The average molecular weight is 473 g/mol. The van der Waals surface area contributed by atoms with Crippen LogP contribution in [0.25, 0.3) is 0 Å². The first-order chi connectivity index (χ1) is 12.2. The molecule has 0 atom stereocenters. The lowest BCUT2D eigenvalue weighted by Crippen LogP contribution is -2.52. The predicted molar refractivity (Wildman–Crippen MR) is 112 cm³/mol. The van der Waals surface area contributed by atoms with Crippen LogP contribution in [0.5, 0.6) is 0 Å². The Labute approximate surface area is 170 Å². The number of aryl methyl sites for hydroxylation is 1. The monoisotopic (exact) mass is 473 g/mol. The average Bonchev–Trinajstić information content (AvgIpc) is 3.11. The van der Waals surface area contributed by atoms with E-state index in [2.05, 4.69) is 32.2 Å². The molecule has 2 aromatic rings. The van der Waals surface area contributed by atoms with Crippen molar-refractivity contribution in [3.8, 4) is 0 Å². The van der Waals surface area contributed by atoms with Crippen LogP contribution >= 0.6 is 24.0 Å². The number of piperazine rings is 1. The molecule has 0 radical (unpaired) electrons. The predicted octanol–water partition coefficient (Wildman–Crippen LogP) is 2.89. The molecule has 0 unspecified atom stereocenters. The van der Waals surface area contributed by atoms with Crippen molar-refractivity contribution in [3.05, 3.63) is 47.6 Å². The van der Waals surface area contributed by atoms with Gasteiger partial charge >= 0.3 is 0 Å². The highest BCUT2D eigenvalue weighted by molar-refractivity contribution is 14.0. The number of benzene rings is 1. The Hall–Kier alpha value is -1.84. The van der Waals surface area contributed by atoms with Gasteiger partial charge in [-0.1, -0.05) is 12.1 Å². The van der Waals surface area contributed by atoms with Gasteiger partial charge in [-0.3, -0.25) is 4.99 Å². The van der Waals surface area contributed by atoms with Gasteiger partial charge in [-0.2, -0.15) is 0 Å². The van der Waals surface area contributed by atoms with E-state index in [1.165, 1.54) is 12.1 Å². The summed E-state index contributed by atoms with van der Waals surface area (Å²) in [5.74, 6) is 1.46. The van der Waals surface area contributed by atoms with E-state index in [1.807, 2.05) is 18.2 Å². The Morgan fingerprint density at radius 3 is 2.50 bits per heavy atom. The lowest BCUT2D eigenvalue weighted by atomic mass is 10.2. The van der Waals surface area contributed by atoms with Crippen LogP contribution in [0.4, 0.5) is 10.1 Å². The molecule has 0 aliphatic carbocycles. The summed E-state index contributed by atoms with van der Waals surface area (Å²) < 4.78 is 18.4. The molecule has 1 aliphatic rings. The Bertz CT molecular complexity index is 711. The normalized spacial score (nSPS) is 15.0. The van der Waals surface area contributed by atoms with Crippen molar-refractivity contribution in [2.24, 2.45) is 4.99 Å². The summed E-state index contributed by atoms with van der Waals surface area (Å²) in [5.41, 5.74) is 2.01. The van der Waals surface area contributed by atoms with Crippen LogP contribution in [-0.4, -0.2) is 49.2 Å². The fourth-order valence-electron chi connectivity index (χ4n) is 2.93. The van der Waals surface area contributed by atoms with E-state index in [-0.39, 0.29) is 29.8 Å². The maximum absolute atomic E-state index is 13.1. The SMILES string of the molecule is CCc1cc(CNC(=NC)N2CCN(c3ccc(F)cc3)CC2)on1.I. The highest BCUT2D eigenvalue weighted by atomic mass is 127. The number of guanidine groups is 1. The summed E-state index contributed by atoms with van der Waals surface area (Å²) in [7, 11) is 1.78. The van der Waals surface area contributed by atoms with Crippen molar-refractivity contribution in [2.45, 2.75) is 19.9 Å². The molecule has 0 spiro atoms. The molecular formula is C18H25FIN5O. The zero-order chi connectivity index (χ0) is 17.6. The Balaban J connectivity index is 0.00000243. The molecule has 0 amide bonds. The molecule has 1 aliphatic heterocycles. The molecule has 3 rings (SSSR count). The van der Waals surface area contributed by atoms with E-state index < -0.39 is 0 Å². The third-order valence-corrected chi connectivity index (χ3v) is 4.37. The van der Waals surface area contributed by atoms with Gasteiger partial charge in [-0.05, 0) is 30.7 Å².